The second-order valence-corrected chi connectivity index (χ2v) is 14.2. The fourth-order valence-electron chi connectivity index (χ4n) is 7.37. The van der Waals surface area contributed by atoms with Crippen molar-refractivity contribution in [3.05, 3.63) is 51.4 Å². The van der Waals surface area contributed by atoms with Gasteiger partial charge in [-0.25, -0.2) is 9.67 Å². The van der Waals surface area contributed by atoms with Gasteiger partial charge in [0.15, 0.2) is 23.1 Å². The smallest absolute Gasteiger partial charge is 0.226 e. The highest BCUT2D eigenvalue weighted by atomic mass is 32.1. The molecule has 1 fully saturated rings. The molecule has 3 atom stereocenters. The number of nitrogens with zero attached hydrogens (tertiary/aromatic N) is 7. The molecule has 14 heteroatoms. The second-order valence-electron chi connectivity index (χ2n) is 13.1. The number of anilines is 1. The average Bonchev–Trinajstić information content (AvgIpc) is 3.83. The van der Waals surface area contributed by atoms with Gasteiger partial charge in [-0.3, -0.25) is 9.69 Å². The van der Waals surface area contributed by atoms with E-state index >= 15 is 0 Å². The molecule has 1 aliphatic carbocycles. The van der Waals surface area contributed by atoms with Crippen LogP contribution in [-0.2, 0) is 34.4 Å². The molecule has 0 aromatic carbocycles. The molecule has 4 aromatic rings. The summed E-state index contributed by atoms with van der Waals surface area (Å²) in [7, 11) is 2.12. The summed E-state index contributed by atoms with van der Waals surface area (Å²) >= 11 is 1.40. The van der Waals surface area contributed by atoms with Crippen molar-refractivity contribution in [2.75, 3.05) is 25.9 Å². The number of carbonyl (C=O) groups excluding carboxylic acids is 1. The van der Waals surface area contributed by atoms with Gasteiger partial charge in [0.05, 0.1) is 36.3 Å². The molecule has 0 bridgehead atoms. The molecular formula is C33H39N9O4S. The Hall–Kier alpha value is -4.32. The van der Waals surface area contributed by atoms with Gasteiger partial charge in [-0.2, -0.15) is 15.3 Å². The van der Waals surface area contributed by atoms with Crippen molar-refractivity contribution in [2.45, 2.75) is 89.5 Å². The number of likely N-dealkylation sites (tertiary alicyclic amines) is 1. The summed E-state index contributed by atoms with van der Waals surface area (Å²) in [6.45, 7) is 7.72. The molecule has 1 amide bonds. The zero-order chi connectivity index (χ0) is 32.9. The van der Waals surface area contributed by atoms with Gasteiger partial charge in [0.2, 0.25) is 11.8 Å². The molecule has 47 heavy (non-hydrogen) atoms. The van der Waals surface area contributed by atoms with Gasteiger partial charge in [0.1, 0.15) is 17.2 Å². The third-order valence-corrected chi connectivity index (χ3v) is 10.4. The number of amides is 1. The van der Waals surface area contributed by atoms with Crippen LogP contribution in [0.2, 0.25) is 0 Å². The van der Waals surface area contributed by atoms with Crippen LogP contribution in [0.25, 0.3) is 17.3 Å². The molecule has 3 N–H and O–H groups in total. The lowest BCUT2D eigenvalue weighted by atomic mass is 9.68. The molecule has 0 unspecified atom stereocenters. The third-order valence-electron chi connectivity index (χ3n) is 9.43. The Morgan fingerprint density at radius 2 is 2.17 bits per heavy atom. The number of nitrogens with one attached hydrogen (secondary N) is 1. The summed E-state index contributed by atoms with van der Waals surface area (Å²) in [6.07, 6.45) is 6.26. The van der Waals surface area contributed by atoms with Crippen LogP contribution in [0.1, 0.15) is 79.5 Å². The molecule has 2 aliphatic heterocycles. The van der Waals surface area contributed by atoms with Crippen molar-refractivity contribution < 1.29 is 18.8 Å². The topological polar surface area (TPSA) is 170 Å². The van der Waals surface area contributed by atoms with Crippen LogP contribution in [0.15, 0.2) is 22.9 Å². The lowest BCUT2D eigenvalue weighted by Gasteiger charge is -2.38. The van der Waals surface area contributed by atoms with Gasteiger partial charge in [0, 0.05) is 40.4 Å². The fraction of sp³-hybridized carbons (Fsp3) is 0.515. The summed E-state index contributed by atoms with van der Waals surface area (Å²) in [4.78, 5) is 25.5. The molecule has 0 radical (unpaired) electrons. The summed E-state index contributed by atoms with van der Waals surface area (Å²) < 4.78 is 20.4. The fourth-order valence-corrected chi connectivity index (χ4v) is 8.43. The summed E-state index contributed by atoms with van der Waals surface area (Å²) in [5, 5.41) is 22.7. The zero-order valence-electron chi connectivity index (χ0n) is 27.1. The summed E-state index contributed by atoms with van der Waals surface area (Å²) in [6, 6.07) is 6.21. The van der Waals surface area contributed by atoms with E-state index in [1.165, 1.54) is 11.3 Å². The average molecular weight is 658 g/mol. The zero-order valence-corrected chi connectivity index (χ0v) is 27.9. The van der Waals surface area contributed by atoms with E-state index in [0.29, 0.717) is 64.9 Å². The summed E-state index contributed by atoms with van der Waals surface area (Å²) in [5.41, 5.74) is 9.05. The number of nitrogens with two attached hydrogens (primary N) is 1. The van der Waals surface area contributed by atoms with Crippen LogP contribution in [0.4, 0.5) is 5.00 Å². The largest absolute Gasteiger partial charge is 0.473 e. The maximum absolute atomic E-state index is 12.4. The van der Waals surface area contributed by atoms with Crippen LogP contribution in [0.3, 0.4) is 0 Å². The lowest BCUT2D eigenvalue weighted by Crippen LogP contribution is -2.40. The number of thiophene rings is 1. The minimum atomic E-state index is -0.669. The first kappa shape index (κ1) is 31.3. The number of hydrogen-bond acceptors (Lipinski definition) is 12. The number of rotatable bonds is 8. The molecule has 7 rings (SSSR count). The molecule has 3 aliphatic rings. The van der Waals surface area contributed by atoms with Crippen molar-refractivity contribution >= 4 is 22.2 Å². The second kappa shape index (κ2) is 12.4. The monoisotopic (exact) mass is 657 g/mol. The number of fused-ring (bicyclic) bond motifs is 4. The van der Waals surface area contributed by atoms with E-state index in [2.05, 4.69) is 40.5 Å². The maximum atomic E-state index is 12.4. The van der Waals surface area contributed by atoms with Crippen LogP contribution < -0.4 is 15.8 Å². The standard InChI is InChI=1S/C33H39N9O4S/c1-18(2)36-26(43)13-20-9-12-42(39-20)25-14-27(45-19(3)23-8-6-11-41(23)4)38-32(37-25)29-21-7-5-10-33(30(21)46-40-29)17-44-16-24-28(33)22(15-34)31(35)47-24/h9,12,14,18-19,23H,5-8,10-11,13,16-17,35H2,1-4H3,(H,36,43)/t19-,23-,33-/m0/s1. The van der Waals surface area contributed by atoms with Crippen molar-refractivity contribution in [3.63, 3.8) is 0 Å². The van der Waals surface area contributed by atoms with Crippen molar-refractivity contribution in [1.82, 2.24) is 35.1 Å². The van der Waals surface area contributed by atoms with E-state index in [9.17, 15) is 10.1 Å². The highest BCUT2D eigenvalue weighted by Gasteiger charge is 2.49. The van der Waals surface area contributed by atoms with Crippen LogP contribution in [0.5, 0.6) is 5.88 Å². The number of hydrogen-bond donors (Lipinski definition) is 2. The molecular weight excluding hydrogens is 618 g/mol. The Kier molecular flexibility index (Phi) is 8.23. The predicted molar refractivity (Wildman–Crippen MR) is 174 cm³/mol. The van der Waals surface area contributed by atoms with Gasteiger partial charge in [-0.1, -0.05) is 5.16 Å². The van der Waals surface area contributed by atoms with Crippen molar-refractivity contribution in [1.29, 1.82) is 5.26 Å². The Labute approximate surface area is 277 Å². The molecule has 6 heterocycles. The first-order chi connectivity index (χ1) is 22.7. The van der Waals surface area contributed by atoms with Gasteiger partial charge < -0.3 is 25.0 Å². The van der Waals surface area contributed by atoms with Crippen LogP contribution >= 0.6 is 11.3 Å². The Morgan fingerprint density at radius 3 is 2.94 bits per heavy atom. The van der Waals surface area contributed by atoms with E-state index in [4.69, 9.17) is 29.7 Å². The van der Waals surface area contributed by atoms with E-state index in [-0.39, 0.29) is 30.5 Å². The van der Waals surface area contributed by atoms with Gasteiger partial charge >= 0.3 is 0 Å². The number of nitrogen functional groups attached to an aromatic ring is 1. The minimum Gasteiger partial charge on any atom is -0.473 e. The van der Waals surface area contributed by atoms with E-state index in [0.717, 1.165) is 48.2 Å². The van der Waals surface area contributed by atoms with Crippen LogP contribution in [-0.4, -0.2) is 74.1 Å². The molecule has 1 spiro atoms. The predicted octanol–water partition coefficient (Wildman–Crippen LogP) is 3.91. The molecule has 13 nitrogen and oxygen atoms in total. The van der Waals surface area contributed by atoms with E-state index in [1.54, 1.807) is 23.0 Å². The highest BCUT2D eigenvalue weighted by Crippen LogP contribution is 2.52. The normalized spacial score (nSPS) is 21.4. The molecule has 4 aromatic heterocycles. The Balaban J connectivity index is 1.29. The van der Waals surface area contributed by atoms with Gasteiger partial charge in [0.25, 0.3) is 0 Å². The van der Waals surface area contributed by atoms with E-state index in [1.807, 2.05) is 13.8 Å². The molecule has 246 valence electrons. The first-order valence-corrected chi connectivity index (χ1v) is 17.0. The Bertz CT molecular complexity index is 1850. The lowest BCUT2D eigenvalue weighted by molar-refractivity contribution is -0.120. The highest BCUT2D eigenvalue weighted by molar-refractivity contribution is 7.16. The van der Waals surface area contributed by atoms with E-state index < -0.39 is 5.41 Å². The first-order valence-electron chi connectivity index (χ1n) is 16.2. The van der Waals surface area contributed by atoms with Crippen molar-refractivity contribution in [2.24, 2.45) is 0 Å². The number of nitriles is 1. The molecule has 1 saturated heterocycles. The Morgan fingerprint density at radius 1 is 1.32 bits per heavy atom. The number of ether oxygens (including phenoxy) is 2. The minimum absolute atomic E-state index is 0.0393. The molecule has 0 saturated carbocycles. The third kappa shape index (κ3) is 5.66. The quantitative estimate of drug-likeness (QED) is 0.282. The van der Waals surface area contributed by atoms with Crippen LogP contribution in [0, 0.1) is 11.3 Å². The number of carbonyl (C=O) groups is 1. The number of likely N-dealkylation sites (N-methyl/N-ethyl adjacent to an activating group) is 1. The van der Waals surface area contributed by atoms with Gasteiger partial charge in [-0.05, 0) is 72.5 Å². The maximum Gasteiger partial charge on any atom is 0.226 e. The van der Waals surface area contributed by atoms with Gasteiger partial charge in [-0.15, -0.1) is 11.3 Å². The SMILES string of the molecule is CC(C)NC(=O)Cc1ccn(-c2cc(O[C@@H](C)[C@@H]3CCCN3C)nc(-c3noc4c3CCC[C@@]43COCc4sc(N)c(C#N)c43)n2)n1. The number of aromatic nitrogens is 5. The summed E-state index contributed by atoms with van der Waals surface area (Å²) in [5.74, 6) is 1.80. The van der Waals surface area contributed by atoms with Crippen molar-refractivity contribution in [3.8, 4) is 29.3 Å².